The molecule has 1 amide bonds. The summed E-state index contributed by atoms with van der Waals surface area (Å²) >= 11 is 0. The Morgan fingerprint density at radius 3 is 2.42 bits per heavy atom. The van der Waals surface area contributed by atoms with Crippen LogP contribution in [-0.4, -0.2) is 39.9 Å². The van der Waals surface area contributed by atoms with E-state index in [1.54, 1.807) is 0 Å². The number of amides is 1. The summed E-state index contributed by atoms with van der Waals surface area (Å²) < 4.78 is 1.45. The second kappa shape index (κ2) is 8.14. The van der Waals surface area contributed by atoms with Gasteiger partial charge in [-0.2, -0.15) is 5.10 Å². The van der Waals surface area contributed by atoms with E-state index in [1.165, 1.54) is 17.1 Å². The van der Waals surface area contributed by atoms with E-state index < -0.39 is 5.97 Å². The molecule has 0 aliphatic carbocycles. The average molecular weight is 330 g/mol. The highest BCUT2D eigenvalue weighted by molar-refractivity contribution is 5.91. The molecule has 2 rings (SSSR count). The van der Waals surface area contributed by atoms with E-state index in [1.807, 2.05) is 24.3 Å². The Morgan fingerprint density at radius 1 is 1.21 bits per heavy atom. The average Bonchev–Trinajstić information content (AvgIpc) is 3.05. The molecule has 0 aliphatic heterocycles. The number of aryl methyl sites for hydroxylation is 1. The molecule has 2 aromatic rings. The fraction of sp³-hybridized carbons (Fsp3) is 0.353. The van der Waals surface area contributed by atoms with Crippen LogP contribution in [0.5, 0.6) is 0 Å². The number of anilines is 2. The third-order valence-corrected chi connectivity index (χ3v) is 3.73. The van der Waals surface area contributed by atoms with Gasteiger partial charge in [-0.25, -0.2) is 4.79 Å². The Morgan fingerprint density at radius 2 is 1.88 bits per heavy atom. The van der Waals surface area contributed by atoms with Gasteiger partial charge >= 0.3 is 5.97 Å². The number of hydrogen-bond acceptors (Lipinski definition) is 4. The van der Waals surface area contributed by atoms with Crippen molar-refractivity contribution in [1.29, 1.82) is 0 Å². The maximum atomic E-state index is 12.0. The van der Waals surface area contributed by atoms with E-state index >= 15 is 0 Å². The highest BCUT2D eigenvalue weighted by Gasteiger charge is 2.08. The van der Waals surface area contributed by atoms with E-state index in [9.17, 15) is 9.59 Å². The fourth-order valence-electron chi connectivity index (χ4n) is 2.38. The minimum absolute atomic E-state index is 0.113. The van der Waals surface area contributed by atoms with Crippen LogP contribution in [0.4, 0.5) is 11.4 Å². The van der Waals surface area contributed by atoms with Crippen molar-refractivity contribution in [2.45, 2.75) is 26.8 Å². The number of carbonyl (C=O) groups is 2. The van der Waals surface area contributed by atoms with Gasteiger partial charge in [-0.1, -0.05) is 0 Å². The number of aromatic carboxylic acids is 1. The molecule has 0 saturated carbocycles. The molecule has 0 unspecified atom stereocenters. The predicted octanol–water partition coefficient (Wildman–Crippen LogP) is 2.46. The molecule has 0 saturated heterocycles. The first-order valence-electron chi connectivity index (χ1n) is 7.94. The molecule has 0 atom stereocenters. The van der Waals surface area contributed by atoms with Crippen LogP contribution in [0, 0.1) is 0 Å². The van der Waals surface area contributed by atoms with Gasteiger partial charge in [0.05, 0.1) is 11.8 Å². The van der Waals surface area contributed by atoms with E-state index in [0.29, 0.717) is 6.54 Å². The Bertz CT molecular complexity index is 690. The monoisotopic (exact) mass is 330 g/mol. The van der Waals surface area contributed by atoms with Crippen LogP contribution in [0.25, 0.3) is 0 Å². The molecule has 7 heteroatoms. The zero-order chi connectivity index (χ0) is 17.5. The minimum atomic E-state index is -1.03. The third kappa shape index (κ3) is 4.58. The van der Waals surface area contributed by atoms with Crippen LogP contribution in [0.1, 0.15) is 30.6 Å². The summed E-state index contributed by atoms with van der Waals surface area (Å²) in [4.78, 5) is 25.0. The summed E-state index contributed by atoms with van der Waals surface area (Å²) in [5, 5.41) is 15.6. The Balaban J connectivity index is 1.86. The maximum Gasteiger partial charge on any atom is 0.338 e. The quantitative estimate of drug-likeness (QED) is 0.776. The number of benzene rings is 1. The third-order valence-electron chi connectivity index (χ3n) is 3.73. The van der Waals surface area contributed by atoms with Crippen LogP contribution in [0.3, 0.4) is 0 Å². The van der Waals surface area contributed by atoms with Crippen molar-refractivity contribution >= 4 is 23.3 Å². The largest absolute Gasteiger partial charge is 0.478 e. The lowest BCUT2D eigenvalue weighted by atomic mass is 10.2. The second-order valence-electron chi connectivity index (χ2n) is 5.31. The van der Waals surface area contributed by atoms with E-state index in [2.05, 4.69) is 29.2 Å². The molecule has 0 bridgehead atoms. The molecule has 1 heterocycles. The van der Waals surface area contributed by atoms with Gasteiger partial charge in [-0.3, -0.25) is 9.48 Å². The molecular weight excluding hydrogens is 308 g/mol. The summed E-state index contributed by atoms with van der Waals surface area (Å²) in [5.74, 6) is -1.17. The molecule has 0 spiro atoms. The smallest absolute Gasteiger partial charge is 0.338 e. The number of aromatic nitrogens is 2. The van der Waals surface area contributed by atoms with Crippen molar-refractivity contribution in [3.8, 4) is 0 Å². The van der Waals surface area contributed by atoms with Crippen molar-refractivity contribution in [2.75, 3.05) is 23.3 Å². The van der Waals surface area contributed by atoms with E-state index in [-0.39, 0.29) is 17.9 Å². The van der Waals surface area contributed by atoms with Gasteiger partial charge in [0.1, 0.15) is 0 Å². The van der Waals surface area contributed by atoms with Gasteiger partial charge in [-0.05, 0) is 38.1 Å². The summed E-state index contributed by atoms with van der Waals surface area (Å²) in [5.41, 5.74) is 1.97. The highest BCUT2D eigenvalue weighted by atomic mass is 16.4. The standard InChI is InChI=1S/C17H22N4O3/c1-3-20(4-2)15-7-5-14(6-8-15)19-16(22)9-10-21-12-13(11-18-21)17(23)24/h5-8,11-12H,3-4,9-10H2,1-2H3,(H,19,22)(H,23,24). The van der Waals surface area contributed by atoms with Crippen molar-refractivity contribution in [2.24, 2.45) is 0 Å². The molecular formula is C17H22N4O3. The van der Waals surface area contributed by atoms with Crippen LogP contribution in [0.2, 0.25) is 0 Å². The molecule has 24 heavy (non-hydrogen) atoms. The molecule has 0 fully saturated rings. The summed E-state index contributed by atoms with van der Waals surface area (Å²) in [7, 11) is 0. The number of carbonyl (C=O) groups excluding carboxylic acids is 1. The van der Waals surface area contributed by atoms with E-state index in [0.717, 1.165) is 24.5 Å². The van der Waals surface area contributed by atoms with Gasteiger partial charge in [-0.15, -0.1) is 0 Å². The molecule has 1 aromatic carbocycles. The summed E-state index contributed by atoms with van der Waals surface area (Å²) in [6.07, 6.45) is 2.90. The maximum absolute atomic E-state index is 12.0. The Labute approximate surface area is 140 Å². The van der Waals surface area contributed by atoms with Crippen LogP contribution in [0.15, 0.2) is 36.7 Å². The van der Waals surface area contributed by atoms with Crippen molar-refractivity contribution in [3.63, 3.8) is 0 Å². The van der Waals surface area contributed by atoms with E-state index in [4.69, 9.17) is 5.11 Å². The van der Waals surface area contributed by atoms with Crippen LogP contribution >= 0.6 is 0 Å². The lowest BCUT2D eigenvalue weighted by Crippen LogP contribution is -2.21. The zero-order valence-electron chi connectivity index (χ0n) is 13.9. The predicted molar refractivity (Wildman–Crippen MR) is 92.4 cm³/mol. The Kier molecular flexibility index (Phi) is 5.95. The number of carboxylic acid groups (broad SMARTS) is 1. The van der Waals surface area contributed by atoms with Crippen LogP contribution in [-0.2, 0) is 11.3 Å². The first-order valence-corrected chi connectivity index (χ1v) is 7.94. The lowest BCUT2D eigenvalue weighted by Gasteiger charge is -2.21. The van der Waals surface area contributed by atoms with Crippen molar-refractivity contribution < 1.29 is 14.7 Å². The van der Waals surface area contributed by atoms with Gasteiger partial charge < -0.3 is 15.3 Å². The molecule has 128 valence electrons. The van der Waals surface area contributed by atoms with Crippen LogP contribution < -0.4 is 10.2 Å². The summed E-state index contributed by atoms with van der Waals surface area (Å²) in [6.45, 7) is 6.40. The number of nitrogens with one attached hydrogen (secondary N) is 1. The van der Waals surface area contributed by atoms with Gasteiger partial charge in [0.2, 0.25) is 5.91 Å². The molecule has 2 N–H and O–H groups in total. The van der Waals surface area contributed by atoms with Gasteiger partial charge in [0.25, 0.3) is 0 Å². The number of nitrogens with zero attached hydrogens (tertiary/aromatic N) is 3. The topological polar surface area (TPSA) is 87.5 Å². The highest BCUT2D eigenvalue weighted by Crippen LogP contribution is 2.17. The molecule has 0 radical (unpaired) electrons. The fourth-order valence-corrected chi connectivity index (χ4v) is 2.38. The van der Waals surface area contributed by atoms with Gasteiger partial charge in [0.15, 0.2) is 0 Å². The van der Waals surface area contributed by atoms with Gasteiger partial charge in [0, 0.05) is 43.6 Å². The van der Waals surface area contributed by atoms with Crippen molar-refractivity contribution in [1.82, 2.24) is 9.78 Å². The number of carboxylic acids is 1. The second-order valence-corrected chi connectivity index (χ2v) is 5.31. The SMILES string of the molecule is CCN(CC)c1ccc(NC(=O)CCn2cc(C(=O)O)cn2)cc1. The Hall–Kier alpha value is -2.83. The molecule has 0 aliphatic rings. The number of rotatable bonds is 8. The molecule has 1 aromatic heterocycles. The first kappa shape index (κ1) is 17.5. The van der Waals surface area contributed by atoms with Crippen molar-refractivity contribution in [3.05, 3.63) is 42.2 Å². The summed E-state index contributed by atoms with van der Waals surface area (Å²) in [6, 6.07) is 7.72. The number of hydrogen-bond donors (Lipinski definition) is 2. The lowest BCUT2D eigenvalue weighted by molar-refractivity contribution is -0.116. The first-order chi connectivity index (χ1) is 11.5. The zero-order valence-corrected chi connectivity index (χ0v) is 13.9. The molecule has 7 nitrogen and oxygen atoms in total. The normalized spacial score (nSPS) is 10.4. The minimum Gasteiger partial charge on any atom is -0.478 e.